The molecule has 0 heterocycles. The molecule has 0 saturated heterocycles. The molecular formula is C15H31NOS. The molecule has 0 aromatic heterocycles. The van der Waals surface area contributed by atoms with Gasteiger partial charge in [-0.25, -0.2) is 0 Å². The number of rotatable bonds is 12. The maximum Gasteiger partial charge on any atom is 0.0750 e. The number of unbranched alkanes of at least 4 members (excludes halogenated alkanes) is 6. The highest BCUT2D eigenvalue weighted by molar-refractivity contribution is 7.80. The van der Waals surface area contributed by atoms with Gasteiger partial charge in [0.15, 0.2) is 0 Å². The quantitative estimate of drug-likeness (QED) is 0.413. The lowest BCUT2D eigenvalue weighted by atomic mass is 10.0. The minimum absolute atomic E-state index is 0.125. The normalized spacial score (nSPS) is 12.4. The van der Waals surface area contributed by atoms with Crippen LogP contribution in [0.4, 0.5) is 0 Å². The number of thiocarbonyl (C=S) groups is 1. The molecule has 0 unspecified atom stereocenters. The van der Waals surface area contributed by atoms with Crippen LogP contribution in [0.5, 0.6) is 0 Å². The third-order valence-corrected chi connectivity index (χ3v) is 3.77. The van der Waals surface area contributed by atoms with Crippen molar-refractivity contribution in [2.75, 3.05) is 7.05 Å². The van der Waals surface area contributed by atoms with Crippen LogP contribution < -0.4 is 5.32 Å². The second kappa shape index (κ2) is 13.3. The summed E-state index contributed by atoms with van der Waals surface area (Å²) in [6.45, 7) is 2.25. The van der Waals surface area contributed by atoms with E-state index < -0.39 is 0 Å². The van der Waals surface area contributed by atoms with Crippen molar-refractivity contribution in [2.45, 2.75) is 83.7 Å². The zero-order valence-corrected chi connectivity index (χ0v) is 13.0. The Bertz CT molecular complexity index is 197. The second-order valence-electron chi connectivity index (χ2n) is 5.13. The predicted octanol–water partition coefficient (Wildman–Crippen LogP) is 4.21. The van der Waals surface area contributed by atoms with Gasteiger partial charge in [-0.3, -0.25) is 0 Å². The van der Waals surface area contributed by atoms with Gasteiger partial charge in [-0.1, -0.05) is 64.1 Å². The summed E-state index contributed by atoms with van der Waals surface area (Å²) < 4.78 is 0. The van der Waals surface area contributed by atoms with Crippen molar-refractivity contribution in [3.63, 3.8) is 0 Å². The Morgan fingerprint density at radius 3 is 2.17 bits per heavy atom. The van der Waals surface area contributed by atoms with Gasteiger partial charge in [-0.2, -0.15) is 0 Å². The Balaban J connectivity index is 3.21. The molecule has 2 N–H and O–H groups in total. The van der Waals surface area contributed by atoms with Crippen LogP contribution >= 0.6 is 12.2 Å². The topological polar surface area (TPSA) is 32.3 Å². The van der Waals surface area contributed by atoms with Crippen molar-refractivity contribution in [2.24, 2.45) is 0 Å². The van der Waals surface area contributed by atoms with Crippen LogP contribution in [0.15, 0.2) is 0 Å². The van der Waals surface area contributed by atoms with Crippen LogP contribution in [0.25, 0.3) is 0 Å². The van der Waals surface area contributed by atoms with Crippen molar-refractivity contribution in [3.8, 4) is 0 Å². The van der Waals surface area contributed by atoms with Crippen LogP contribution in [0.2, 0.25) is 0 Å². The van der Waals surface area contributed by atoms with E-state index in [4.69, 9.17) is 12.2 Å². The molecule has 0 radical (unpaired) electrons. The van der Waals surface area contributed by atoms with Crippen LogP contribution in [-0.2, 0) is 0 Å². The fourth-order valence-electron chi connectivity index (χ4n) is 2.10. The Morgan fingerprint density at radius 2 is 1.56 bits per heavy atom. The van der Waals surface area contributed by atoms with Crippen LogP contribution in [0.3, 0.4) is 0 Å². The van der Waals surface area contributed by atoms with Crippen molar-refractivity contribution >= 4 is 17.2 Å². The van der Waals surface area contributed by atoms with E-state index in [1.165, 1.54) is 44.9 Å². The Kier molecular flexibility index (Phi) is 13.2. The summed E-state index contributed by atoms with van der Waals surface area (Å²) in [4.78, 5) is 0.901. The van der Waals surface area contributed by atoms with E-state index in [0.29, 0.717) is 0 Å². The molecule has 0 aliphatic rings. The van der Waals surface area contributed by atoms with E-state index in [-0.39, 0.29) is 6.10 Å². The maximum atomic E-state index is 9.81. The summed E-state index contributed by atoms with van der Waals surface area (Å²) in [5.41, 5.74) is 0. The van der Waals surface area contributed by atoms with Crippen LogP contribution in [-0.4, -0.2) is 23.2 Å². The second-order valence-corrected chi connectivity index (χ2v) is 5.62. The van der Waals surface area contributed by atoms with Crippen molar-refractivity contribution in [1.82, 2.24) is 5.32 Å². The third-order valence-electron chi connectivity index (χ3n) is 3.36. The minimum atomic E-state index is -0.125. The smallest absolute Gasteiger partial charge is 0.0750 e. The number of hydrogen-bond donors (Lipinski definition) is 2. The lowest BCUT2D eigenvalue weighted by molar-refractivity contribution is 0.149. The van der Waals surface area contributed by atoms with E-state index in [1.54, 1.807) is 0 Å². The first kappa shape index (κ1) is 17.8. The molecule has 0 aliphatic carbocycles. The number of aliphatic hydroxyl groups excluding tert-OH is 1. The summed E-state index contributed by atoms with van der Waals surface area (Å²) in [6.07, 6.45) is 12.8. The molecule has 0 amide bonds. The Hall–Kier alpha value is -0.150. The molecule has 108 valence electrons. The van der Waals surface area contributed by atoms with E-state index in [2.05, 4.69) is 12.2 Å². The van der Waals surface area contributed by atoms with Gasteiger partial charge in [0.1, 0.15) is 0 Å². The van der Waals surface area contributed by atoms with Crippen molar-refractivity contribution in [3.05, 3.63) is 0 Å². The van der Waals surface area contributed by atoms with Gasteiger partial charge in [0.25, 0.3) is 0 Å². The largest absolute Gasteiger partial charge is 0.393 e. The molecule has 0 saturated carbocycles. The molecule has 3 heteroatoms. The molecule has 18 heavy (non-hydrogen) atoms. The van der Waals surface area contributed by atoms with E-state index in [0.717, 1.165) is 30.7 Å². The first-order valence-electron chi connectivity index (χ1n) is 7.59. The SMILES string of the molecule is CCCCCCCCC[C@H](O)CCCC(=S)NC. The summed E-state index contributed by atoms with van der Waals surface area (Å²) >= 11 is 5.07. The first-order chi connectivity index (χ1) is 8.70. The predicted molar refractivity (Wildman–Crippen MR) is 84.1 cm³/mol. The molecular weight excluding hydrogens is 242 g/mol. The molecule has 0 spiro atoms. The zero-order valence-electron chi connectivity index (χ0n) is 12.2. The minimum Gasteiger partial charge on any atom is -0.393 e. The number of nitrogens with one attached hydrogen (secondary N) is 1. The van der Waals surface area contributed by atoms with E-state index in [9.17, 15) is 5.11 Å². The monoisotopic (exact) mass is 273 g/mol. The van der Waals surface area contributed by atoms with Gasteiger partial charge in [-0.05, 0) is 25.7 Å². The fourth-order valence-corrected chi connectivity index (χ4v) is 2.25. The van der Waals surface area contributed by atoms with Crippen LogP contribution in [0.1, 0.15) is 77.6 Å². The highest BCUT2D eigenvalue weighted by atomic mass is 32.1. The molecule has 0 aliphatic heterocycles. The zero-order chi connectivity index (χ0) is 13.6. The average molecular weight is 273 g/mol. The van der Waals surface area contributed by atoms with Crippen LogP contribution in [0, 0.1) is 0 Å². The standard InChI is InChI=1S/C15H31NOS/c1-3-4-5-6-7-8-9-11-14(17)12-10-13-15(18)16-2/h14,17H,3-13H2,1-2H3,(H,16,18)/t14-/m0/s1. The molecule has 0 aromatic rings. The molecule has 0 rings (SSSR count). The third kappa shape index (κ3) is 12.3. The van der Waals surface area contributed by atoms with Gasteiger partial charge in [0, 0.05) is 7.05 Å². The van der Waals surface area contributed by atoms with E-state index >= 15 is 0 Å². The average Bonchev–Trinajstić information content (AvgIpc) is 2.37. The van der Waals surface area contributed by atoms with Crippen molar-refractivity contribution in [1.29, 1.82) is 0 Å². The highest BCUT2D eigenvalue weighted by Crippen LogP contribution is 2.12. The maximum absolute atomic E-state index is 9.81. The summed E-state index contributed by atoms with van der Waals surface area (Å²) in [6, 6.07) is 0. The van der Waals surface area contributed by atoms with Gasteiger partial charge in [0.05, 0.1) is 11.1 Å². The summed E-state index contributed by atoms with van der Waals surface area (Å²) in [5, 5.41) is 12.8. The highest BCUT2D eigenvalue weighted by Gasteiger charge is 2.04. The fraction of sp³-hybridized carbons (Fsp3) is 0.933. The molecule has 0 fully saturated rings. The molecule has 0 aromatic carbocycles. The molecule has 2 nitrogen and oxygen atoms in total. The number of aliphatic hydroxyl groups is 1. The van der Waals surface area contributed by atoms with Gasteiger partial charge >= 0.3 is 0 Å². The van der Waals surface area contributed by atoms with Gasteiger partial charge in [0.2, 0.25) is 0 Å². The first-order valence-corrected chi connectivity index (χ1v) is 8.00. The lowest BCUT2D eigenvalue weighted by Crippen LogP contribution is -2.16. The molecule has 0 bridgehead atoms. The van der Waals surface area contributed by atoms with Crippen molar-refractivity contribution < 1.29 is 5.11 Å². The van der Waals surface area contributed by atoms with Gasteiger partial charge in [-0.15, -0.1) is 0 Å². The molecule has 1 atom stereocenters. The van der Waals surface area contributed by atoms with Gasteiger partial charge < -0.3 is 10.4 Å². The Labute approximate surface area is 119 Å². The summed E-state index contributed by atoms with van der Waals surface area (Å²) in [7, 11) is 1.86. The van der Waals surface area contributed by atoms with E-state index in [1.807, 2.05) is 7.05 Å². The summed E-state index contributed by atoms with van der Waals surface area (Å²) in [5.74, 6) is 0. The Morgan fingerprint density at radius 1 is 1.00 bits per heavy atom. The lowest BCUT2D eigenvalue weighted by Gasteiger charge is -2.10. The number of hydrogen-bond acceptors (Lipinski definition) is 2.